The summed E-state index contributed by atoms with van der Waals surface area (Å²) in [6.07, 6.45) is 1.57. The number of nitrogens with two attached hydrogens (primary N) is 1. The summed E-state index contributed by atoms with van der Waals surface area (Å²) < 4.78 is 0. The Morgan fingerprint density at radius 1 is 1.15 bits per heavy atom. The molecular formula is C22H25N7O5. The van der Waals surface area contributed by atoms with Crippen molar-refractivity contribution in [2.24, 2.45) is 5.92 Å². The third-order valence-corrected chi connectivity index (χ3v) is 5.03. The summed E-state index contributed by atoms with van der Waals surface area (Å²) in [5.74, 6) is -2.04. The largest absolute Gasteiger partial charge is 0.480 e. The molecule has 2 heterocycles. The van der Waals surface area contributed by atoms with Crippen LogP contribution in [0.4, 0.5) is 11.6 Å². The summed E-state index contributed by atoms with van der Waals surface area (Å²) in [6.45, 7) is 3.74. The van der Waals surface area contributed by atoms with E-state index in [2.05, 4.69) is 30.6 Å². The van der Waals surface area contributed by atoms with E-state index in [1.165, 1.54) is 6.20 Å². The molecule has 0 spiro atoms. The number of H-pyrrole nitrogens is 1. The first-order valence-corrected chi connectivity index (χ1v) is 10.6. The highest BCUT2D eigenvalue weighted by Gasteiger charge is 2.22. The molecular weight excluding hydrogens is 442 g/mol. The van der Waals surface area contributed by atoms with Gasteiger partial charge in [-0.2, -0.15) is 4.98 Å². The van der Waals surface area contributed by atoms with Crippen LogP contribution in [-0.4, -0.2) is 48.7 Å². The molecule has 1 amide bonds. The van der Waals surface area contributed by atoms with Crippen molar-refractivity contribution in [1.82, 2.24) is 25.3 Å². The number of hydrogen-bond donors (Lipinski definition) is 5. The zero-order valence-corrected chi connectivity index (χ0v) is 18.7. The number of rotatable bonds is 10. The van der Waals surface area contributed by atoms with Crippen molar-refractivity contribution in [2.45, 2.75) is 39.3 Å². The number of hydrogen-bond acceptors (Lipinski definition) is 9. The maximum Gasteiger partial charge on any atom is 0.326 e. The molecule has 1 atom stereocenters. The van der Waals surface area contributed by atoms with Crippen molar-refractivity contribution in [1.29, 1.82) is 0 Å². The van der Waals surface area contributed by atoms with Crippen molar-refractivity contribution < 1.29 is 19.5 Å². The molecule has 0 fully saturated rings. The predicted molar refractivity (Wildman–Crippen MR) is 124 cm³/mol. The van der Waals surface area contributed by atoms with Gasteiger partial charge < -0.3 is 21.5 Å². The number of nitrogens with one attached hydrogen (secondary N) is 3. The molecule has 2 aromatic heterocycles. The molecule has 0 aliphatic heterocycles. The number of benzene rings is 1. The summed E-state index contributed by atoms with van der Waals surface area (Å²) in [5, 5.41) is 14.9. The van der Waals surface area contributed by atoms with Crippen LogP contribution in [0.15, 0.2) is 35.3 Å². The number of fused-ring (bicyclic) bond motifs is 1. The number of carbonyl (C=O) groups excluding carboxylic acids is 2. The van der Waals surface area contributed by atoms with Gasteiger partial charge in [0, 0.05) is 23.6 Å². The van der Waals surface area contributed by atoms with Gasteiger partial charge in [0.05, 0.1) is 18.4 Å². The van der Waals surface area contributed by atoms with Gasteiger partial charge in [-0.25, -0.2) is 14.8 Å². The Bertz CT molecular complexity index is 1270. The average Bonchev–Trinajstić information content (AvgIpc) is 2.80. The number of anilines is 2. The van der Waals surface area contributed by atoms with Crippen LogP contribution < -0.4 is 21.9 Å². The number of amides is 1. The Hall–Kier alpha value is -4.35. The zero-order chi connectivity index (χ0) is 24.8. The SMILES string of the molecule is CC(C)C(=O)CC[C@@H](NC(=O)c1ccc(NCc2cnc3nc(N)[nH]c(=O)c3n2)cc1)C(=O)O. The third-order valence-electron chi connectivity index (χ3n) is 5.03. The molecule has 34 heavy (non-hydrogen) atoms. The lowest BCUT2D eigenvalue weighted by Crippen LogP contribution is -2.41. The number of aliphatic carboxylic acids is 1. The van der Waals surface area contributed by atoms with Crippen LogP contribution in [0.3, 0.4) is 0 Å². The molecule has 0 bridgehead atoms. The molecule has 3 aromatic rings. The third kappa shape index (κ3) is 6.12. The van der Waals surface area contributed by atoms with Gasteiger partial charge >= 0.3 is 5.97 Å². The van der Waals surface area contributed by atoms with E-state index in [9.17, 15) is 24.3 Å². The molecule has 0 saturated carbocycles. The number of carboxylic acid groups (broad SMARTS) is 1. The average molecular weight is 467 g/mol. The molecule has 0 saturated heterocycles. The lowest BCUT2D eigenvalue weighted by molar-refractivity contribution is -0.139. The minimum absolute atomic E-state index is 0.0233. The van der Waals surface area contributed by atoms with Crippen molar-refractivity contribution in [3.05, 3.63) is 52.1 Å². The highest BCUT2D eigenvalue weighted by molar-refractivity contribution is 5.97. The Kier molecular flexibility index (Phi) is 7.51. The Morgan fingerprint density at radius 3 is 2.50 bits per heavy atom. The molecule has 178 valence electrons. The molecule has 1 aromatic carbocycles. The van der Waals surface area contributed by atoms with Crippen LogP contribution in [0, 0.1) is 5.92 Å². The van der Waals surface area contributed by atoms with E-state index in [0.717, 1.165) is 0 Å². The van der Waals surface area contributed by atoms with Gasteiger partial charge in [0.1, 0.15) is 11.8 Å². The number of aromatic nitrogens is 4. The standard InChI is InChI=1S/C22H25N7O5/c1-11(2)16(30)8-7-15(21(33)34)27-19(31)12-3-5-13(6-4-12)24-9-14-10-25-18-17(26-14)20(32)29-22(23)28-18/h3-6,10-11,15,24H,7-9H2,1-2H3,(H,27,31)(H,33,34)(H3,23,25,28,29,32)/t15-/m1/s1. The van der Waals surface area contributed by atoms with Crippen LogP contribution in [0.5, 0.6) is 0 Å². The summed E-state index contributed by atoms with van der Waals surface area (Å²) >= 11 is 0. The smallest absolute Gasteiger partial charge is 0.326 e. The van der Waals surface area contributed by atoms with Crippen LogP contribution >= 0.6 is 0 Å². The minimum atomic E-state index is -1.20. The summed E-state index contributed by atoms with van der Waals surface area (Å²) in [4.78, 5) is 62.3. The predicted octanol–water partition coefficient (Wildman–Crippen LogP) is 1.10. The van der Waals surface area contributed by atoms with Crippen LogP contribution in [0.25, 0.3) is 11.2 Å². The molecule has 0 aliphatic rings. The van der Waals surface area contributed by atoms with Gasteiger partial charge in [0.25, 0.3) is 11.5 Å². The molecule has 12 heteroatoms. The van der Waals surface area contributed by atoms with Gasteiger partial charge in [0.15, 0.2) is 11.2 Å². The van der Waals surface area contributed by atoms with Crippen molar-refractivity contribution in [2.75, 3.05) is 11.1 Å². The van der Waals surface area contributed by atoms with Crippen molar-refractivity contribution in [3.63, 3.8) is 0 Å². The molecule has 6 N–H and O–H groups in total. The highest BCUT2D eigenvalue weighted by atomic mass is 16.4. The van der Waals surface area contributed by atoms with Crippen molar-refractivity contribution >= 4 is 40.5 Å². The highest BCUT2D eigenvalue weighted by Crippen LogP contribution is 2.13. The molecule has 0 aliphatic carbocycles. The lowest BCUT2D eigenvalue weighted by atomic mass is 10.0. The van der Waals surface area contributed by atoms with E-state index in [1.807, 2.05) is 0 Å². The fourth-order valence-electron chi connectivity index (χ4n) is 3.06. The Morgan fingerprint density at radius 2 is 1.85 bits per heavy atom. The number of carbonyl (C=O) groups is 3. The normalized spacial score (nSPS) is 11.9. The first kappa shape index (κ1) is 24.3. The second-order valence-electron chi connectivity index (χ2n) is 7.94. The summed E-state index contributed by atoms with van der Waals surface area (Å²) in [5.41, 5.74) is 6.66. The molecule has 0 radical (unpaired) electrons. The fourth-order valence-corrected chi connectivity index (χ4v) is 3.06. The van der Waals surface area contributed by atoms with Crippen molar-refractivity contribution in [3.8, 4) is 0 Å². The van der Waals surface area contributed by atoms with E-state index in [1.54, 1.807) is 38.1 Å². The number of nitrogens with zero attached hydrogens (tertiary/aromatic N) is 3. The zero-order valence-electron chi connectivity index (χ0n) is 18.7. The van der Waals surface area contributed by atoms with Gasteiger partial charge in [0.2, 0.25) is 5.95 Å². The van der Waals surface area contributed by atoms with Crippen LogP contribution in [-0.2, 0) is 16.1 Å². The second-order valence-corrected chi connectivity index (χ2v) is 7.94. The molecule has 12 nitrogen and oxygen atoms in total. The van der Waals surface area contributed by atoms with Gasteiger partial charge in [-0.05, 0) is 30.7 Å². The van der Waals surface area contributed by atoms with Gasteiger partial charge in [-0.1, -0.05) is 13.8 Å². The second kappa shape index (κ2) is 10.5. The van der Waals surface area contributed by atoms with Crippen LogP contribution in [0.1, 0.15) is 42.7 Å². The van der Waals surface area contributed by atoms with Gasteiger partial charge in [-0.15, -0.1) is 0 Å². The molecule has 0 unspecified atom stereocenters. The Balaban J connectivity index is 1.60. The lowest BCUT2D eigenvalue weighted by Gasteiger charge is -2.15. The fraction of sp³-hybridized carbons (Fsp3) is 0.318. The first-order valence-electron chi connectivity index (χ1n) is 10.6. The number of carboxylic acids is 1. The minimum Gasteiger partial charge on any atom is -0.480 e. The first-order chi connectivity index (χ1) is 16.1. The van der Waals surface area contributed by atoms with E-state index in [-0.39, 0.29) is 53.8 Å². The number of nitrogen functional groups attached to an aromatic ring is 1. The Labute approximate surface area is 194 Å². The molecule has 3 rings (SSSR count). The monoisotopic (exact) mass is 467 g/mol. The maximum absolute atomic E-state index is 12.5. The van der Waals surface area contributed by atoms with Gasteiger partial charge in [-0.3, -0.25) is 19.4 Å². The number of aromatic amines is 1. The van der Waals surface area contributed by atoms with E-state index in [0.29, 0.717) is 11.4 Å². The quantitative estimate of drug-likeness (QED) is 0.288. The summed E-state index contributed by atoms with van der Waals surface area (Å²) in [7, 11) is 0. The number of Topliss-reactive ketones (excluding diaryl/α,β-unsaturated/α-hetero) is 1. The maximum atomic E-state index is 12.5. The number of ketones is 1. The van der Waals surface area contributed by atoms with E-state index < -0.39 is 23.5 Å². The topological polar surface area (TPSA) is 193 Å². The van der Waals surface area contributed by atoms with Crippen LogP contribution in [0.2, 0.25) is 0 Å². The summed E-state index contributed by atoms with van der Waals surface area (Å²) in [6, 6.07) is 5.22. The van der Waals surface area contributed by atoms with E-state index >= 15 is 0 Å². The van der Waals surface area contributed by atoms with E-state index in [4.69, 9.17) is 5.73 Å².